The minimum absolute atomic E-state index is 0.0444. The summed E-state index contributed by atoms with van der Waals surface area (Å²) in [6.07, 6.45) is -9.32. The van der Waals surface area contributed by atoms with Crippen molar-refractivity contribution in [2.24, 2.45) is 0 Å². The molecule has 0 aromatic heterocycles. The van der Waals surface area contributed by atoms with E-state index in [1.807, 2.05) is 78.9 Å². The van der Waals surface area contributed by atoms with E-state index in [-0.39, 0.29) is 16.5 Å². The van der Waals surface area contributed by atoms with Crippen LogP contribution in [-0.2, 0) is 23.2 Å². The molecule has 0 heterocycles. The summed E-state index contributed by atoms with van der Waals surface area (Å²) in [5, 5.41) is 24.0. The molecule has 26 aromatic carbocycles. The number of rotatable bonds is 15. The van der Waals surface area contributed by atoms with Crippen LogP contribution < -0.4 is 19.6 Å². The van der Waals surface area contributed by atoms with Gasteiger partial charge in [0, 0.05) is 79.1 Å². The number of halogens is 6. The lowest BCUT2D eigenvalue weighted by molar-refractivity contribution is -0.137. The maximum atomic E-state index is 15.4. The van der Waals surface area contributed by atoms with Gasteiger partial charge < -0.3 is 19.6 Å². The molecule has 10 heteroatoms. The van der Waals surface area contributed by atoms with Crippen molar-refractivity contribution in [3.63, 3.8) is 0 Å². The quantitative estimate of drug-likeness (QED) is 0.0576. The fraction of sp³-hybridized carbons (Fsp3) is 0.0571. The molecule has 4 nitrogen and oxygen atoms in total. The molecular weight excluding hydrogens is 1850 g/mol. The molecule has 0 bridgehead atoms. The third-order valence-corrected chi connectivity index (χ3v) is 32.1. The van der Waals surface area contributed by atoms with Crippen LogP contribution in [0, 0.1) is 0 Å². The molecule has 0 atom stereocenters. The molecule has 0 radical (unpaired) electrons. The van der Waals surface area contributed by atoms with Crippen LogP contribution in [0.1, 0.15) is 61.1 Å². The number of hydrogen-bond acceptors (Lipinski definition) is 4. The average Bonchev–Trinajstić information content (AvgIpc) is 1.42. The van der Waals surface area contributed by atoms with E-state index in [2.05, 4.69) is 393 Å². The second kappa shape index (κ2) is 34.1. The number of nitrogens with zero attached hydrogens (tertiary/aromatic N) is 4. The Morgan fingerprint density at radius 2 is 0.353 bits per heavy atom. The van der Waals surface area contributed by atoms with Gasteiger partial charge in [-0.15, -0.1) is 0 Å². The Hall–Kier alpha value is -18.4. The second-order valence-corrected chi connectivity index (χ2v) is 41.1. The van der Waals surface area contributed by atoms with Crippen molar-refractivity contribution in [1.82, 2.24) is 0 Å². The van der Waals surface area contributed by atoms with Gasteiger partial charge >= 0.3 is 12.4 Å². The molecule has 0 spiro atoms. The lowest BCUT2D eigenvalue weighted by Gasteiger charge is -2.27. The SMILES string of the molecule is CC1(C)c2ccccc2-c2cc3c(cc21)c1cc(N(c2ccccc2)c2ccccc2)ccc1c1cc2c4cc5c(cc4c4cc(N(c6ccccc6)c6ccccc6)ccc4c2cc31)C(C)(C)c1cc(-c2ccc(N(c3ccccc3)c3ccc4c(c3)c3ccc(-c6ccccc6C(F)(F)F)cc3c3cc6c7ccc(N(c8ccccc8)c8ccccc8)cc7c7ccc(-c8ccccc8C(F)(F)F)cc7c6cc43)cc2)ccc1-5. The van der Waals surface area contributed by atoms with Crippen molar-refractivity contribution < 1.29 is 26.3 Å². The van der Waals surface area contributed by atoms with Crippen LogP contribution in [0.3, 0.4) is 0 Å². The first kappa shape index (κ1) is 89.3. The Bertz CT molecular complexity index is 9980. The highest BCUT2D eigenvalue weighted by Gasteiger charge is 2.41. The van der Waals surface area contributed by atoms with Crippen LogP contribution in [0.15, 0.2) is 485 Å². The number of fused-ring (bicyclic) bond motifs is 30. The van der Waals surface area contributed by atoms with E-state index in [1.54, 1.807) is 24.3 Å². The Labute approximate surface area is 862 Å². The fourth-order valence-corrected chi connectivity index (χ4v) is 25.0. The smallest absolute Gasteiger partial charge is 0.310 e. The minimum Gasteiger partial charge on any atom is -0.310 e. The van der Waals surface area contributed by atoms with Gasteiger partial charge in [0.25, 0.3) is 0 Å². The van der Waals surface area contributed by atoms with E-state index >= 15 is 26.3 Å². The van der Waals surface area contributed by atoms with E-state index in [0.717, 1.165) is 162 Å². The molecule has 26 aromatic rings. The molecule has 0 amide bonds. The van der Waals surface area contributed by atoms with Gasteiger partial charge in [-0.1, -0.05) is 289 Å². The predicted molar refractivity (Wildman–Crippen MR) is 617 cm³/mol. The summed E-state index contributed by atoms with van der Waals surface area (Å²) in [5.41, 5.74) is 22.6. The van der Waals surface area contributed by atoms with Crippen molar-refractivity contribution in [2.75, 3.05) is 19.6 Å². The van der Waals surface area contributed by atoms with Crippen LogP contribution in [-0.4, -0.2) is 0 Å². The lowest BCUT2D eigenvalue weighted by Crippen LogP contribution is -2.15. The Balaban J connectivity index is 0.610. The van der Waals surface area contributed by atoms with Gasteiger partial charge in [-0.25, -0.2) is 0 Å². The monoisotopic (exact) mass is 1940 g/mol. The largest absolute Gasteiger partial charge is 0.417 e. The third kappa shape index (κ3) is 14.3. The molecule has 0 unspecified atom stereocenters. The number of anilines is 12. The van der Waals surface area contributed by atoms with Crippen LogP contribution in [0.5, 0.6) is 0 Å². The van der Waals surface area contributed by atoms with Crippen molar-refractivity contribution >= 4 is 198 Å². The van der Waals surface area contributed by atoms with Crippen LogP contribution >= 0.6 is 0 Å². The fourth-order valence-electron chi connectivity index (χ4n) is 25.0. The van der Waals surface area contributed by atoms with Gasteiger partial charge in [-0.2, -0.15) is 26.3 Å². The average molecular weight is 1940 g/mol. The summed E-state index contributed by atoms with van der Waals surface area (Å²) in [6, 6.07) is 168. The van der Waals surface area contributed by atoms with Crippen molar-refractivity contribution in [3.8, 4) is 55.6 Å². The standard InChI is InChI=1S/C140H92F6N4/c1-137(2)131-49-29-28-48-109(131)129-81-125-123-79-120-108-69-62-100(149(93-40-20-9-21-41-93)94-42-22-10-23-43-94)76-116(108)128-84-136-130(82-126(128)124(120)80-119(123)107-68-61-99(75-115(107)127(125)83-135(129)137)148(91-36-16-7-17-37-91)92-38-18-8-19-39-92)110-65-54-86(72-134(110)138(136,3)4)85-52-57-96(58-53-85)150(95-44-24-11-25-45-95)98-60-67-106-114(74-98)104-64-56-88(102-47-27-31-51-133(102)140(144,145)146)71-112(104)122-77-117-105-66-59-97(147(89-32-12-5-13-33-89)90-34-14-6-15-35-90)73-113(105)103-63-55-87(70-111(103)121(117)78-118(106)122)101-46-26-30-50-132(101)139(141,142)143/h5-84H,1-4H3. The molecule has 0 aliphatic heterocycles. The molecule has 0 saturated carbocycles. The van der Waals surface area contributed by atoms with Crippen molar-refractivity contribution in [3.05, 3.63) is 519 Å². The van der Waals surface area contributed by atoms with Crippen LogP contribution in [0.4, 0.5) is 94.6 Å². The molecule has 0 saturated heterocycles. The summed E-state index contributed by atoms with van der Waals surface area (Å²) in [6.45, 7) is 9.54. The van der Waals surface area contributed by atoms with E-state index in [4.69, 9.17) is 0 Å². The van der Waals surface area contributed by atoms with Crippen molar-refractivity contribution in [2.45, 2.75) is 50.9 Å². The van der Waals surface area contributed by atoms with Gasteiger partial charge in [0.2, 0.25) is 0 Å². The Morgan fingerprint density at radius 1 is 0.140 bits per heavy atom. The lowest BCUT2D eigenvalue weighted by atomic mass is 9.80. The summed E-state index contributed by atoms with van der Waals surface area (Å²) >= 11 is 0. The summed E-state index contributed by atoms with van der Waals surface area (Å²) in [7, 11) is 0. The zero-order valence-electron chi connectivity index (χ0n) is 82.2. The summed E-state index contributed by atoms with van der Waals surface area (Å²) in [4.78, 5) is 9.20. The number of benzene rings is 26. The normalized spacial score (nSPS) is 13.1. The Morgan fingerprint density at radius 3 is 0.680 bits per heavy atom. The van der Waals surface area contributed by atoms with E-state index in [9.17, 15) is 0 Å². The molecule has 150 heavy (non-hydrogen) atoms. The molecular formula is C140H92F6N4. The molecule has 2 aliphatic carbocycles. The molecule has 28 rings (SSSR count). The van der Waals surface area contributed by atoms with Gasteiger partial charge in [-0.05, 0) is 432 Å². The van der Waals surface area contributed by atoms with E-state index in [0.29, 0.717) is 11.1 Å². The summed E-state index contributed by atoms with van der Waals surface area (Å²) in [5.74, 6) is 0. The second-order valence-electron chi connectivity index (χ2n) is 41.1. The first-order valence-corrected chi connectivity index (χ1v) is 51.0. The van der Waals surface area contributed by atoms with Crippen LogP contribution in [0.2, 0.25) is 0 Å². The van der Waals surface area contributed by atoms with Gasteiger partial charge in [0.15, 0.2) is 0 Å². The highest BCUT2D eigenvalue weighted by molar-refractivity contribution is 6.37. The maximum Gasteiger partial charge on any atom is 0.417 e. The highest BCUT2D eigenvalue weighted by Crippen LogP contribution is 2.59. The van der Waals surface area contributed by atoms with E-state index in [1.165, 1.54) is 128 Å². The van der Waals surface area contributed by atoms with Gasteiger partial charge in [0.05, 0.1) is 11.1 Å². The number of hydrogen-bond donors (Lipinski definition) is 0. The Kier molecular flexibility index (Phi) is 20.3. The van der Waals surface area contributed by atoms with Gasteiger partial charge in [0.1, 0.15) is 0 Å². The predicted octanol–water partition coefficient (Wildman–Crippen LogP) is 41.1. The molecule has 2 aliphatic rings. The third-order valence-electron chi connectivity index (χ3n) is 32.1. The number of para-hydroxylation sites is 7. The van der Waals surface area contributed by atoms with Crippen molar-refractivity contribution in [1.29, 1.82) is 0 Å². The molecule has 714 valence electrons. The number of alkyl halides is 6. The van der Waals surface area contributed by atoms with E-state index < -0.39 is 28.9 Å². The van der Waals surface area contributed by atoms with Gasteiger partial charge in [-0.3, -0.25) is 0 Å². The molecule has 0 fully saturated rings. The summed E-state index contributed by atoms with van der Waals surface area (Å²) < 4.78 is 92.2. The zero-order valence-corrected chi connectivity index (χ0v) is 82.2. The first-order valence-electron chi connectivity index (χ1n) is 51.0. The highest BCUT2D eigenvalue weighted by atomic mass is 19.4. The van der Waals surface area contributed by atoms with Crippen LogP contribution in [0.25, 0.3) is 185 Å². The molecule has 0 N–H and O–H groups in total. The zero-order chi connectivity index (χ0) is 101. The maximum absolute atomic E-state index is 15.4. The first-order chi connectivity index (χ1) is 73.2. The topological polar surface area (TPSA) is 13.0 Å². The minimum atomic E-state index is -4.67.